The number of nitrogens with two attached hydrogens (primary N) is 1. The molecule has 0 spiro atoms. The van der Waals surface area contributed by atoms with Gasteiger partial charge >= 0.3 is 0 Å². The Morgan fingerprint density at radius 1 is 1.16 bits per heavy atom. The highest BCUT2D eigenvalue weighted by atomic mass is 19.1. The number of amides is 2. The van der Waals surface area contributed by atoms with Gasteiger partial charge in [0, 0.05) is 47.6 Å². The van der Waals surface area contributed by atoms with Crippen LogP contribution in [0.15, 0.2) is 60.9 Å². The molecule has 3 heterocycles. The van der Waals surface area contributed by atoms with Crippen molar-refractivity contribution >= 4 is 34.4 Å². The molecule has 0 bridgehead atoms. The first-order valence-electron chi connectivity index (χ1n) is 12.5. The molecule has 1 saturated carbocycles. The highest BCUT2D eigenvalue weighted by molar-refractivity contribution is 6.08. The number of aryl methyl sites for hydroxylation is 1. The van der Waals surface area contributed by atoms with Crippen LogP contribution in [-0.4, -0.2) is 43.8 Å². The van der Waals surface area contributed by atoms with E-state index >= 15 is 4.39 Å². The largest absolute Gasteiger partial charge is 0.383 e. The van der Waals surface area contributed by atoms with Crippen LogP contribution in [-0.2, 0) is 11.8 Å². The van der Waals surface area contributed by atoms with Crippen LogP contribution in [0.2, 0.25) is 0 Å². The van der Waals surface area contributed by atoms with Gasteiger partial charge in [-0.1, -0.05) is 18.7 Å². The number of hydrogen-bond donors (Lipinski definition) is 2. The number of rotatable bonds is 5. The molecule has 9 heteroatoms. The first kappa shape index (κ1) is 23.8. The van der Waals surface area contributed by atoms with Gasteiger partial charge in [0.1, 0.15) is 23.6 Å². The van der Waals surface area contributed by atoms with Gasteiger partial charge in [0.15, 0.2) is 0 Å². The number of hydrogen-bond acceptors (Lipinski definition) is 5. The number of halogens is 1. The quantitative estimate of drug-likeness (QED) is 0.376. The van der Waals surface area contributed by atoms with Crippen LogP contribution in [0, 0.1) is 11.7 Å². The van der Waals surface area contributed by atoms with Gasteiger partial charge in [-0.3, -0.25) is 9.59 Å². The van der Waals surface area contributed by atoms with E-state index in [2.05, 4.69) is 21.9 Å². The maximum atomic E-state index is 15.6. The minimum atomic E-state index is -0.525. The first-order chi connectivity index (χ1) is 18.2. The van der Waals surface area contributed by atoms with E-state index < -0.39 is 5.82 Å². The number of nitrogens with one attached hydrogen (secondary N) is 1. The summed E-state index contributed by atoms with van der Waals surface area (Å²) in [5.41, 5.74) is 10.4. The maximum Gasteiger partial charge on any atom is 0.254 e. The van der Waals surface area contributed by atoms with Crippen LogP contribution in [0.4, 0.5) is 15.9 Å². The molecule has 0 radical (unpaired) electrons. The zero-order chi connectivity index (χ0) is 26.7. The normalized spacial score (nSPS) is 17.9. The van der Waals surface area contributed by atoms with Gasteiger partial charge in [0.2, 0.25) is 0 Å². The van der Waals surface area contributed by atoms with Gasteiger partial charge in [-0.2, -0.15) is 0 Å². The zero-order valence-corrected chi connectivity index (χ0v) is 21.2. The lowest BCUT2D eigenvalue weighted by Gasteiger charge is -2.18. The fourth-order valence-corrected chi connectivity index (χ4v) is 5.49. The highest BCUT2D eigenvalue weighted by Crippen LogP contribution is 2.45. The Hall–Kier alpha value is -4.53. The van der Waals surface area contributed by atoms with Gasteiger partial charge in [0.05, 0.1) is 11.1 Å². The number of benzene rings is 2. The van der Waals surface area contributed by atoms with E-state index in [1.165, 1.54) is 12.4 Å². The highest BCUT2D eigenvalue weighted by Gasteiger charge is 2.48. The predicted octanol–water partition coefficient (Wildman–Crippen LogP) is 4.77. The lowest BCUT2D eigenvalue weighted by Crippen LogP contribution is -2.30. The minimum Gasteiger partial charge on any atom is -0.383 e. The lowest BCUT2D eigenvalue weighted by molar-refractivity contribution is -0.112. The fourth-order valence-electron chi connectivity index (χ4n) is 5.49. The smallest absolute Gasteiger partial charge is 0.254 e. The minimum absolute atomic E-state index is 0.0426. The summed E-state index contributed by atoms with van der Waals surface area (Å²) >= 11 is 0. The third-order valence-electron chi connectivity index (χ3n) is 7.57. The van der Waals surface area contributed by atoms with Crippen molar-refractivity contribution in [1.82, 2.24) is 19.4 Å². The number of piperidine rings is 1. The Morgan fingerprint density at radius 2 is 1.92 bits per heavy atom. The molecular weight excluding hydrogens is 483 g/mol. The molecule has 3 N–H and O–H groups in total. The summed E-state index contributed by atoms with van der Waals surface area (Å²) in [6.45, 7) is 6.00. The van der Waals surface area contributed by atoms with E-state index in [-0.39, 0.29) is 17.6 Å². The Balaban J connectivity index is 1.44. The third kappa shape index (κ3) is 3.82. The summed E-state index contributed by atoms with van der Waals surface area (Å²) < 4.78 is 17.4. The molecule has 6 rings (SSSR count). The van der Waals surface area contributed by atoms with Crippen molar-refractivity contribution in [3.05, 3.63) is 72.3 Å². The topological polar surface area (TPSA) is 106 Å². The molecule has 192 valence electrons. The molecular formula is C29H27FN6O2. The second-order valence-corrected chi connectivity index (χ2v) is 10.1. The van der Waals surface area contributed by atoms with E-state index in [0.29, 0.717) is 56.6 Å². The van der Waals surface area contributed by atoms with Crippen LogP contribution in [0.1, 0.15) is 30.1 Å². The van der Waals surface area contributed by atoms with Crippen molar-refractivity contribution in [3.8, 4) is 22.4 Å². The predicted molar refractivity (Wildman–Crippen MR) is 145 cm³/mol. The van der Waals surface area contributed by atoms with Gasteiger partial charge in [0.25, 0.3) is 11.8 Å². The molecule has 0 unspecified atom stereocenters. The van der Waals surface area contributed by atoms with Crippen molar-refractivity contribution in [2.75, 3.05) is 17.6 Å². The Labute approximate surface area is 219 Å². The van der Waals surface area contributed by atoms with Crippen molar-refractivity contribution in [2.24, 2.45) is 13.0 Å². The summed E-state index contributed by atoms with van der Waals surface area (Å²) in [5.74, 6) is 0.0692. The van der Waals surface area contributed by atoms with E-state index in [4.69, 9.17) is 5.73 Å². The molecule has 2 aromatic heterocycles. The van der Waals surface area contributed by atoms with Crippen molar-refractivity contribution in [1.29, 1.82) is 0 Å². The van der Waals surface area contributed by atoms with E-state index in [9.17, 15) is 9.59 Å². The lowest BCUT2D eigenvalue weighted by atomic mass is 9.97. The molecule has 4 aromatic rings. The van der Waals surface area contributed by atoms with Crippen LogP contribution in [0.3, 0.4) is 0 Å². The number of nitrogens with zero attached hydrogens (tertiary/aromatic N) is 4. The van der Waals surface area contributed by atoms with Gasteiger partial charge in [-0.25, -0.2) is 14.4 Å². The second kappa shape index (κ2) is 8.79. The molecule has 8 nitrogen and oxygen atoms in total. The van der Waals surface area contributed by atoms with Crippen LogP contribution >= 0.6 is 0 Å². The zero-order valence-electron chi connectivity index (χ0n) is 21.2. The van der Waals surface area contributed by atoms with Gasteiger partial charge in [-0.15, -0.1) is 0 Å². The van der Waals surface area contributed by atoms with Crippen molar-refractivity contribution < 1.29 is 14.0 Å². The Bertz CT molecular complexity index is 1640. The molecule has 1 saturated heterocycles. The van der Waals surface area contributed by atoms with Crippen LogP contribution in [0.5, 0.6) is 0 Å². The molecule has 2 atom stereocenters. The standard InChI is InChI=1S/C29H27FN6O2/c1-15(2)28(37)34-19-8-9-20(21(30)13-19)25-23(24-26(31)32-14-33-27(24)35(25)3)16-4-6-17(7-5-16)29(38)36-11-10-18-12-22(18)36/h4-9,13-14,18,22H,1,10-12H2,2-3H3,(H,34,37)(H2,31,32,33)/t18-,22+/m1/s1. The average Bonchev–Trinajstić information content (AvgIpc) is 3.45. The Morgan fingerprint density at radius 3 is 2.55 bits per heavy atom. The van der Waals surface area contributed by atoms with Gasteiger partial charge < -0.3 is 20.5 Å². The van der Waals surface area contributed by atoms with Crippen molar-refractivity contribution in [3.63, 3.8) is 0 Å². The summed E-state index contributed by atoms with van der Waals surface area (Å²) in [5, 5.41) is 3.24. The molecule has 2 aromatic carbocycles. The molecule has 1 aliphatic heterocycles. The maximum absolute atomic E-state index is 15.6. The molecule has 38 heavy (non-hydrogen) atoms. The first-order valence-corrected chi connectivity index (χ1v) is 12.5. The molecule has 1 aliphatic carbocycles. The third-order valence-corrected chi connectivity index (χ3v) is 7.57. The number of nitrogen functional groups attached to an aromatic ring is 1. The summed E-state index contributed by atoms with van der Waals surface area (Å²) in [6.07, 6.45) is 3.55. The number of likely N-dealkylation sites (tertiary alicyclic amines) is 1. The van der Waals surface area contributed by atoms with E-state index in [0.717, 1.165) is 24.9 Å². The van der Waals surface area contributed by atoms with E-state index in [1.54, 1.807) is 30.7 Å². The SMILES string of the molecule is C=C(C)C(=O)Nc1ccc(-c2c(-c3ccc(C(=O)N4CC[C@@H]5C[C@@H]54)cc3)c3c(N)ncnc3n2C)c(F)c1. The monoisotopic (exact) mass is 510 g/mol. The molecule has 2 amide bonds. The summed E-state index contributed by atoms with van der Waals surface area (Å²) in [4.78, 5) is 35.7. The second-order valence-electron chi connectivity index (χ2n) is 10.1. The number of carbonyl (C=O) groups is 2. The Kier molecular flexibility index (Phi) is 5.52. The van der Waals surface area contributed by atoms with E-state index in [1.807, 2.05) is 29.2 Å². The van der Waals surface area contributed by atoms with Crippen molar-refractivity contribution in [2.45, 2.75) is 25.8 Å². The summed E-state index contributed by atoms with van der Waals surface area (Å²) in [7, 11) is 1.79. The average molecular weight is 511 g/mol. The number of fused-ring (bicyclic) bond motifs is 2. The number of anilines is 2. The summed E-state index contributed by atoms with van der Waals surface area (Å²) in [6, 6.07) is 12.2. The van der Waals surface area contributed by atoms with Gasteiger partial charge in [-0.05, 0) is 61.6 Å². The number of carbonyl (C=O) groups excluding carboxylic acids is 2. The molecule has 2 fully saturated rings. The fraction of sp³-hybridized carbons (Fsp3) is 0.241. The number of aromatic nitrogens is 3. The van der Waals surface area contributed by atoms with Crippen LogP contribution in [0.25, 0.3) is 33.4 Å². The van der Waals surface area contributed by atoms with Crippen LogP contribution < -0.4 is 11.1 Å². The molecule has 2 aliphatic rings.